The fourth-order valence-electron chi connectivity index (χ4n) is 4.20. The zero-order chi connectivity index (χ0) is 24.0. The lowest BCUT2D eigenvalue weighted by Gasteiger charge is -2.27. The highest BCUT2D eigenvalue weighted by molar-refractivity contribution is 7.92. The van der Waals surface area contributed by atoms with Crippen LogP contribution in [0.5, 0.6) is 0 Å². The second-order valence-electron chi connectivity index (χ2n) is 8.74. The van der Waals surface area contributed by atoms with Crippen LogP contribution in [0, 0.1) is 6.92 Å². The number of nitrogens with zero attached hydrogens (tertiary/aromatic N) is 1. The number of carbonyl (C=O) groups excluding carboxylic acids is 1. The molecule has 3 aromatic rings. The molecule has 7 heteroatoms. The molecule has 1 aliphatic rings. The van der Waals surface area contributed by atoms with E-state index in [4.69, 9.17) is 0 Å². The summed E-state index contributed by atoms with van der Waals surface area (Å²) in [6, 6.07) is 21.4. The van der Waals surface area contributed by atoms with Crippen molar-refractivity contribution in [2.24, 2.45) is 0 Å². The Morgan fingerprint density at radius 1 is 0.882 bits per heavy atom. The summed E-state index contributed by atoms with van der Waals surface area (Å²) in [5.41, 5.74) is 3.86. The van der Waals surface area contributed by atoms with Crippen molar-refractivity contribution < 1.29 is 13.2 Å². The molecule has 0 unspecified atom stereocenters. The Balaban J connectivity index is 1.44. The van der Waals surface area contributed by atoms with Gasteiger partial charge in [-0.25, -0.2) is 8.42 Å². The molecule has 0 aromatic heterocycles. The van der Waals surface area contributed by atoms with E-state index in [-0.39, 0.29) is 10.8 Å². The van der Waals surface area contributed by atoms with E-state index in [1.54, 1.807) is 43.3 Å². The third-order valence-corrected chi connectivity index (χ3v) is 7.58. The molecular weight excluding hydrogens is 446 g/mol. The van der Waals surface area contributed by atoms with E-state index in [9.17, 15) is 13.2 Å². The van der Waals surface area contributed by atoms with Gasteiger partial charge in [-0.15, -0.1) is 0 Å². The molecular formula is C27H31N3O3S. The summed E-state index contributed by atoms with van der Waals surface area (Å²) in [6.07, 6.45) is 3.78. The maximum Gasteiger partial charge on any atom is 0.261 e. The topological polar surface area (TPSA) is 78.5 Å². The molecule has 4 rings (SSSR count). The van der Waals surface area contributed by atoms with E-state index in [1.807, 2.05) is 18.2 Å². The minimum absolute atomic E-state index is 0.176. The Morgan fingerprint density at radius 2 is 1.56 bits per heavy atom. The van der Waals surface area contributed by atoms with Crippen molar-refractivity contribution in [2.45, 2.75) is 44.2 Å². The van der Waals surface area contributed by atoms with Gasteiger partial charge in [-0.05, 0) is 73.8 Å². The van der Waals surface area contributed by atoms with Crippen LogP contribution in [-0.2, 0) is 23.1 Å². The van der Waals surface area contributed by atoms with Crippen LogP contribution in [0.2, 0.25) is 0 Å². The van der Waals surface area contributed by atoms with E-state index in [0.29, 0.717) is 17.8 Å². The van der Waals surface area contributed by atoms with Gasteiger partial charge in [-0.3, -0.25) is 14.4 Å². The van der Waals surface area contributed by atoms with E-state index in [2.05, 4.69) is 21.0 Å². The van der Waals surface area contributed by atoms with Gasteiger partial charge in [0.2, 0.25) is 0 Å². The zero-order valence-corrected chi connectivity index (χ0v) is 20.3. The average molecular weight is 478 g/mol. The van der Waals surface area contributed by atoms with Crippen molar-refractivity contribution in [2.75, 3.05) is 17.8 Å². The highest BCUT2D eigenvalue weighted by atomic mass is 32.2. The minimum atomic E-state index is -3.74. The Kier molecular flexibility index (Phi) is 7.65. The molecule has 1 heterocycles. The number of likely N-dealkylation sites (tertiary alicyclic amines) is 1. The van der Waals surface area contributed by atoms with Gasteiger partial charge in [0, 0.05) is 18.7 Å². The predicted octanol–water partition coefficient (Wildman–Crippen LogP) is 4.71. The van der Waals surface area contributed by atoms with Crippen molar-refractivity contribution in [3.63, 3.8) is 0 Å². The Hall–Kier alpha value is -3.16. The first-order valence-corrected chi connectivity index (χ1v) is 13.2. The number of hydrogen-bond acceptors (Lipinski definition) is 4. The molecule has 0 atom stereocenters. The number of benzene rings is 3. The number of hydrogen-bond donors (Lipinski definition) is 2. The predicted molar refractivity (Wildman–Crippen MR) is 135 cm³/mol. The standard InChI is InChI=1S/C27H31N3O3S/c1-21-14-15-22(18-26(21)29-34(32,33)25-12-4-2-5-13-25)27(31)28-19-23-10-6-7-11-24(23)20-30-16-8-3-9-17-30/h2,4-7,10-15,18,29H,3,8-9,16-17,19-20H2,1H3,(H,28,31). The van der Waals surface area contributed by atoms with Crippen LogP contribution < -0.4 is 10.0 Å². The van der Waals surface area contributed by atoms with Crippen LogP contribution in [0.1, 0.15) is 46.3 Å². The van der Waals surface area contributed by atoms with Crippen molar-refractivity contribution in [3.8, 4) is 0 Å². The average Bonchev–Trinajstić information content (AvgIpc) is 2.86. The van der Waals surface area contributed by atoms with E-state index in [1.165, 1.54) is 37.0 Å². The van der Waals surface area contributed by atoms with Crippen LogP contribution in [0.3, 0.4) is 0 Å². The van der Waals surface area contributed by atoms with Crippen LogP contribution in [0.15, 0.2) is 77.7 Å². The van der Waals surface area contributed by atoms with Gasteiger partial charge in [0.15, 0.2) is 0 Å². The maximum absolute atomic E-state index is 12.9. The Labute approximate surface area is 202 Å². The monoisotopic (exact) mass is 477 g/mol. The third-order valence-electron chi connectivity index (χ3n) is 6.20. The molecule has 3 aromatic carbocycles. The summed E-state index contributed by atoms with van der Waals surface area (Å²) in [4.78, 5) is 15.6. The fourth-order valence-corrected chi connectivity index (χ4v) is 5.34. The summed E-state index contributed by atoms with van der Waals surface area (Å²) in [5, 5.41) is 3.00. The van der Waals surface area contributed by atoms with Gasteiger partial charge >= 0.3 is 0 Å². The van der Waals surface area contributed by atoms with Gasteiger partial charge in [-0.1, -0.05) is 55.0 Å². The van der Waals surface area contributed by atoms with Crippen molar-refractivity contribution in [1.82, 2.24) is 10.2 Å². The molecule has 178 valence electrons. The third kappa shape index (κ3) is 6.04. The molecule has 1 fully saturated rings. The molecule has 0 spiro atoms. The summed E-state index contributed by atoms with van der Waals surface area (Å²) in [7, 11) is -3.74. The summed E-state index contributed by atoms with van der Waals surface area (Å²) >= 11 is 0. The Morgan fingerprint density at radius 3 is 2.29 bits per heavy atom. The molecule has 1 saturated heterocycles. The van der Waals surface area contributed by atoms with E-state index < -0.39 is 10.0 Å². The lowest BCUT2D eigenvalue weighted by atomic mass is 10.0. The van der Waals surface area contributed by atoms with Crippen LogP contribution >= 0.6 is 0 Å². The van der Waals surface area contributed by atoms with Crippen molar-refractivity contribution in [3.05, 3.63) is 95.1 Å². The quantitative estimate of drug-likeness (QED) is 0.492. The number of aryl methyl sites for hydroxylation is 1. The smallest absolute Gasteiger partial charge is 0.261 e. The van der Waals surface area contributed by atoms with Gasteiger partial charge in [0.25, 0.3) is 15.9 Å². The molecule has 0 radical (unpaired) electrons. The van der Waals surface area contributed by atoms with Crippen LogP contribution in [0.25, 0.3) is 0 Å². The van der Waals surface area contributed by atoms with Crippen molar-refractivity contribution >= 4 is 21.6 Å². The normalized spacial score (nSPS) is 14.5. The number of anilines is 1. The highest BCUT2D eigenvalue weighted by Gasteiger charge is 2.17. The fraction of sp³-hybridized carbons (Fsp3) is 0.296. The highest BCUT2D eigenvalue weighted by Crippen LogP contribution is 2.22. The molecule has 6 nitrogen and oxygen atoms in total. The second-order valence-corrected chi connectivity index (χ2v) is 10.4. The van der Waals surface area contributed by atoms with Gasteiger partial charge in [-0.2, -0.15) is 0 Å². The first-order valence-electron chi connectivity index (χ1n) is 11.7. The lowest BCUT2D eigenvalue weighted by molar-refractivity contribution is 0.0950. The molecule has 0 saturated carbocycles. The van der Waals surface area contributed by atoms with Gasteiger partial charge in [0.1, 0.15) is 0 Å². The molecule has 0 aliphatic carbocycles. The number of piperidine rings is 1. The molecule has 1 amide bonds. The summed E-state index contributed by atoms with van der Waals surface area (Å²) < 4.78 is 28.1. The maximum atomic E-state index is 12.9. The largest absolute Gasteiger partial charge is 0.348 e. The van der Waals surface area contributed by atoms with Crippen LogP contribution in [0.4, 0.5) is 5.69 Å². The summed E-state index contributed by atoms with van der Waals surface area (Å²) in [6.45, 7) is 5.35. The molecule has 34 heavy (non-hydrogen) atoms. The van der Waals surface area contributed by atoms with E-state index in [0.717, 1.165) is 30.8 Å². The van der Waals surface area contributed by atoms with E-state index >= 15 is 0 Å². The number of amides is 1. The summed E-state index contributed by atoms with van der Waals surface area (Å²) in [5.74, 6) is -0.243. The number of rotatable bonds is 8. The van der Waals surface area contributed by atoms with Crippen molar-refractivity contribution in [1.29, 1.82) is 0 Å². The molecule has 0 bridgehead atoms. The number of carbonyl (C=O) groups is 1. The SMILES string of the molecule is Cc1ccc(C(=O)NCc2ccccc2CN2CCCCC2)cc1NS(=O)(=O)c1ccccc1. The minimum Gasteiger partial charge on any atom is -0.348 e. The van der Waals surface area contributed by atoms with Gasteiger partial charge in [0.05, 0.1) is 10.6 Å². The molecule has 1 aliphatic heterocycles. The van der Waals surface area contributed by atoms with Gasteiger partial charge < -0.3 is 5.32 Å². The number of nitrogens with one attached hydrogen (secondary N) is 2. The second kappa shape index (κ2) is 10.8. The lowest BCUT2D eigenvalue weighted by Crippen LogP contribution is -2.30. The zero-order valence-electron chi connectivity index (χ0n) is 19.5. The number of sulfonamides is 1. The first-order chi connectivity index (χ1) is 16.4. The molecule has 2 N–H and O–H groups in total. The first kappa shape index (κ1) is 24.0. The van der Waals surface area contributed by atoms with Crippen LogP contribution in [-0.4, -0.2) is 32.3 Å². The Bertz CT molecular complexity index is 1240.